The lowest BCUT2D eigenvalue weighted by atomic mass is 10.1. The van der Waals surface area contributed by atoms with Gasteiger partial charge in [0.2, 0.25) is 0 Å². The van der Waals surface area contributed by atoms with Crippen LogP contribution in [0.4, 0.5) is 4.39 Å². The van der Waals surface area contributed by atoms with Crippen molar-refractivity contribution in [3.05, 3.63) is 65.0 Å². The molecule has 1 unspecified atom stereocenters. The number of aliphatic hydroxyl groups is 1. The van der Waals surface area contributed by atoms with Crippen molar-refractivity contribution in [1.29, 1.82) is 5.26 Å². The highest BCUT2D eigenvalue weighted by atomic mass is 19.1. The minimum absolute atomic E-state index is 0.0170. The van der Waals surface area contributed by atoms with Crippen molar-refractivity contribution in [2.75, 3.05) is 0 Å². The SMILES string of the molecule is CC(O)Cc1ccc(OCc2cccc(C#N)c2F)cc1. The molecule has 0 spiro atoms. The highest BCUT2D eigenvalue weighted by molar-refractivity contribution is 5.35. The van der Waals surface area contributed by atoms with Crippen molar-refractivity contribution in [3.8, 4) is 11.8 Å². The van der Waals surface area contributed by atoms with Gasteiger partial charge in [0, 0.05) is 5.56 Å². The summed E-state index contributed by atoms with van der Waals surface area (Å²) >= 11 is 0. The normalized spacial score (nSPS) is 11.7. The number of rotatable bonds is 5. The Bertz CT molecular complexity index is 645. The van der Waals surface area contributed by atoms with Gasteiger partial charge >= 0.3 is 0 Å². The van der Waals surface area contributed by atoms with E-state index in [1.165, 1.54) is 6.07 Å². The number of ether oxygens (including phenoxy) is 1. The molecule has 0 aliphatic rings. The number of aliphatic hydroxyl groups excluding tert-OH is 1. The zero-order chi connectivity index (χ0) is 15.2. The van der Waals surface area contributed by atoms with Crippen molar-refractivity contribution < 1.29 is 14.2 Å². The summed E-state index contributed by atoms with van der Waals surface area (Å²) in [5.74, 6) is 0.0804. The maximum absolute atomic E-state index is 13.9. The minimum atomic E-state index is -0.536. The van der Waals surface area contributed by atoms with E-state index in [0.717, 1.165) is 5.56 Å². The number of nitrogens with zero attached hydrogens (tertiary/aromatic N) is 1. The molecule has 0 saturated carbocycles. The van der Waals surface area contributed by atoms with Gasteiger partial charge in [-0.05, 0) is 37.1 Å². The molecule has 0 saturated heterocycles. The second-order valence-electron chi connectivity index (χ2n) is 4.88. The summed E-state index contributed by atoms with van der Waals surface area (Å²) < 4.78 is 19.4. The molecule has 0 aliphatic carbocycles. The summed E-state index contributed by atoms with van der Waals surface area (Å²) in [6.07, 6.45) is 0.193. The van der Waals surface area contributed by atoms with Crippen LogP contribution in [0, 0.1) is 17.1 Å². The molecule has 2 rings (SSSR count). The average Bonchev–Trinajstić information content (AvgIpc) is 2.47. The van der Waals surface area contributed by atoms with Gasteiger partial charge in [0.05, 0.1) is 11.7 Å². The largest absolute Gasteiger partial charge is 0.489 e. The molecule has 3 nitrogen and oxygen atoms in total. The van der Waals surface area contributed by atoms with E-state index < -0.39 is 5.82 Å². The molecule has 0 aromatic heterocycles. The van der Waals surface area contributed by atoms with Gasteiger partial charge in [-0.15, -0.1) is 0 Å². The molecule has 0 bridgehead atoms. The van der Waals surface area contributed by atoms with Gasteiger partial charge < -0.3 is 9.84 Å². The second kappa shape index (κ2) is 6.87. The molecule has 0 heterocycles. The van der Waals surface area contributed by atoms with Crippen molar-refractivity contribution in [1.82, 2.24) is 0 Å². The van der Waals surface area contributed by atoms with Gasteiger partial charge in [0.15, 0.2) is 0 Å². The summed E-state index contributed by atoms with van der Waals surface area (Å²) in [5.41, 5.74) is 1.38. The predicted molar refractivity (Wildman–Crippen MR) is 77.3 cm³/mol. The maximum atomic E-state index is 13.9. The van der Waals surface area contributed by atoms with Crippen LogP contribution in [-0.2, 0) is 13.0 Å². The number of nitriles is 1. The van der Waals surface area contributed by atoms with Crippen molar-refractivity contribution in [2.45, 2.75) is 26.1 Å². The van der Waals surface area contributed by atoms with Crippen LogP contribution in [0.25, 0.3) is 0 Å². The molecule has 2 aromatic rings. The van der Waals surface area contributed by atoms with Crippen LogP contribution in [0.2, 0.25) is 0 Å². The summed E-state index contributed by atoms with van der Waals surface area (Å²) in [5, 5.41) is 18.1. The first-order valence-corrected chi connectivity index (χ1v) is 6.67. The van der Waals surface area contributed by atoms with Crippen LogP contribution < -0.4 is 4.74 Å². The Morgan fingerprint density at radius 2 is 1.95 bits per heavy atom. The zero-order valence-corrected chi connectivity index (χ0v) is 11.7. The van der Waals surface area contributed by atoms with E-state index in [1.54, 1.807) is 37.3 Å². The second-order valence-corrected chi connectivity index (χ2v) is 4.88. The molecule has 0 fully saturated rings. The highest BCUT2D eigenvalue weighted by Crippen LogP contribution is 2.17. The van der Waals surface area contributed by atoms with E-state index in [2.05, 4.69) is 0 Å². The molecule has 0 radical (unpaired) electrons. The third-order valence-corrected chi connectivity index (χ3v) is 3.05. The van der Waals surface area contributed by atoms with Crippen LogP contribution >= 0.6 is 0 Å². The number of hydrogen-bond donors (Lipinski definition) is 1. The molecule has 0 aliphatic heterocycles. The van der Waals surface area contributed by atoms with E-state index in [0.29, 0.717) is 17.7 Å². The van der Waals surface area contributed by atoms with Gasteiger partial charge in [0.25, 0.3) is 0 Å². The van der Waals surface area contributed by atoms with Crippen LogP contribution in [0.1, 0.15) is 23.6 Å². The maximum Gasteiger partial charge on any atom is 0.147 e. The van der Waals surface area contributed by atoms with E-state index in [-0.39, 0.29) is 18.3 Å². The van der Waals surface area contributed by atoms with Crippen LogP contribution in [0.3, 0.4) is 0 Å². The summed E-state index contributed by atoms with van der Waals surface area (Å²) in [6.45, 7) is 1.80. The standard InChI is InChI=1S/C17H16FNO2/c1-12(20)9-13-5-7-16(8-6-13)21-11-15-4-2-3-14(10-19)17(15)18/h2-8,12,20H,9,11H2,1H3. The summed E-state index contributed by atoms with van der Waals surface area (Å²) in [7, 11) is 0. The smallest absolute Gasteiger partial charge is 0.147 e. The van der Waals surface area contributed by atoms with Crippen molar-refractivity contribution in [2.24, 2.45) is 0 Å². The van der Waals surface area contributed by atoms with Crippen molar-refractivity contribution >= 4 is 0 Å². The summed E-state index contributed by atoms with van der Waals surface area (Å²) in [6, 6.07) is 13.8. The topological polar surface area (TPSA) is 53.2 Å². The first kappa shape index (κ1) is 15.0. The lowest BCUT2D eigenvalue weighted by Crippen LogP contribution is -2.04. The Morgan fingerprint density at radius 3 is 2.57 bits per heavy atom. The third kappa shape index (κ3) is 4.04. The summed E-state index contributed by atoms with van der Waals surface area (Å²) in [4.78, 5) is 0. The van der Waals surface area contributed by atoms with E-state index >= 15 is 0 Å². The van der Waals surface area contributed by atoms with Gasteiger partial charge in [-0.1, -0.05) is 24.3 Å². The average molecular weight is 285 g/mol. The molecular formula is C17H16FNO2. The molecule has 1 N–H and O–H groups in total. The highest BCUT2D eigenvalue weighted by Gasteiger charge is 2.08. The number of hydrogen-bond acceptors (Lipinski definition) is 3. The van der Waals surface area contributed by atoms with Gasteiger partial charge in [-0.25, -0.2) is 4.39 Å². The molecular weight excluding hydrogens is 269 g/mol. The third-order valence-electron chi connectivity index (χ3n) is 3.05. The molecule has 4 heteroatoms. The quantitative estimate of drug-likeness (QED) is 0.917. The van der Waals surface area contributed by atoms with Gasteiger partial charge in [0.1, 0.15) is 24.2 Å². The number of halogens is 1. The number of benzene rings is 2. The Morgan fingerprint density at radius 1 is 1.24 bits per heavy atom. The molecule has 21 heavy (non-hydrogen) atoms. The van der Waals surface area contributed by atoms with Crippen LogP contribution in [0.5, 0.6) is 5.75 Å². The Balaban J connectivity index is 2.02. The van der Waals surface area contributed by atoms with Crippen LogP contribution in [-0.4, -0.2) is 11.2 Å². The Hall–Kier alpha value is -2.38. The fourth-order valence-corrected chi connectivity index (χ4v) is 2.00. The molecule has 108 valence electrons. The Kier molecular flexibility index (Phi) is 4.91. The van der Waals surface area contributed by atoms with E-state index in [9.17, 15) is 9.50 Å². The van der Waals surface area contributed by atoms with E-state index in [4.69, 9.17) is 10.00 Å². The minimum Gasteiger partial charge on any atom is -0.489 e. The Labute approximate surface area is 123 Å². The lowest BCUT2D eigenvalue weighted by Gasteiger charge is -2.09. The monoisotopic (exact) mass is 285 g/mol. The van der Waals surface area contributed by atoms with Gasteiger partial charge in [-0.3, -0.25) is 0 Å². The van der Waals surface area contributed by atoms with Crippen molar-refractivity contribution in [3.63, 3.8) is 0 Å². The zero-order valence-electron chi connectivity index (χ0n) is 11.7. The predicted octanol–water partition coefficient (Wildman–Crippen LogP) is 3.20. The first-order chi connectivity index (χ1) is 10.1. The molecule has 0 amide bonds. The molecule has 1 atom stereocenters. The fourth-order valence-electron chi connectivity index (χ4n) is 2.00. The van der Waals surface area contributed by atoms with Gasteiger partial charge in [-0.2, -0.15) is 5.26 Å². The lowest BCUT2D eigenvalue weighted by molar-refractivity contribution is 0.195. The molecule has 2 aromatic carbocycles. The first-order valence-electron chi connectivity index (χ1n) is 6.67. The van der Waals surface area contributed by atoms with E-state index in [1.807, 2.05) is 12.1 Å². The van der Waals surface area contributed by atoms with Crippen LogP contribution in [0.15, 0.2) is 42.5 Å². The fraction of sp³-hybridized carbons (Fsp3) is 0.235.